The monoisotopic (exact) mass is 158 g/mol. The maximum atomic E-state index is 5.55. The highest BCUT2D eigenvalue weighted by Gasteiger charge is 2.00. The molecule has 0 fully saturated rings. The Morgan fingerprint density at radius 1 is 1.80 bits per heavy atom. The van der Waals surface area contributed by atoms with E-state index in [9.17, 15) is 0 Å². The summed E-state index contributed by atoms with van der Waals surface area (Å²) in [7, 11) is 0. The quantitative estimate of drug-likeness (QED) is 0.556. The molecular weight excluding hydrogens is 148 g/mol. The summed E-state index contributed by atoms with van der Waals surface area (Å²) in [6, 6.07) is 0. The predicted octanol–water partition coefficient (Wildman–Crippen LogP) is 1.47. The van der Waals surface area contributed by atoms with E-state index < -0.39 is 0 Å². The van der Waals surface area contributed by atoms with Gasteiger partial charge in [0.05, 0.1) is 6.34 Å². The zero-order chi connectivity index (χ0) is 7.40. The van der Waals surface area contributed by atoms with Gasteiger partial charge in [-0.25, -0.2) is 4.99 Å². The standard InChI is InChI=1S/C7H11ClN2/c1-7-2-4-10(5-3-8)6-9-7/h2,6H,3-5H2,1H3. The molecule has 0 aromatic rings. The van der Waals surface area contributed by atoms with Gasteiger partial charge >= 0.3 is 0 Å². The number of rotatable bonds is 2. The summed E-state index contributed by atoms with van der Waals surface area (Å²) in [5, 5.41) is 0. The SMILES string of the molecule is CC1=CCN(CCCl)C=N1. The van der Waals surface area contributed by atoms with Gasteiger partial charge in [-0.1, -0.05) is 0 Å². The lowest BCUT2D eigenvalue weighted by Crippen LogP contribution is -2.26. The lowest BCUT2D eigenvalue weighted by atomic mass is 10.4. The van der Waals surface area contributed by atoms with E-state index >= 15 is 0 Å². The zero-order valence-electron chi connectivity index (χ0n) is 6.05. The number of hydrogen-bond acceptors (Lipinski definition) is 2. The van der Waals surface area contributed by atoms with Gasteiger partial charge in [0.15, 0.2) is 0 Å². The average Bonchev–Trinajstić information content (AvgIpc) is 1.95. The molecule has 0 saturated carbocycles. The molecule has 0 saturated heterocycles. The minimum Gasteiger partial charge on any atom is -0.358 e. The Bertz CT molecular complexity index is 163. The fourth-order valence-electron chi connectivity index (χ4n) is 0.780. The normalized spacial score (nSPS) is 17.4. The Morgan fingerprint density at radius 3 is 3.10 bits per heavy atom. The molecule has 1 heterocycles. The molecule has 0 aromatic heterocycles. The van der Waals surface area contributed by atoms with Gasteiger partial charge in [0.25, 0.3) is 0 Å². The van der Waals surface area contributed by atoms with Crippen molar-refractivity contribution in [2.24, 2.45) is 4.99 Å². The van der Waals surface area contributed by atoms with Crippen LogP contribution in [0.3, 0.4) is 0 Å². The number of allylic oxidation sites excluding steroid dienone is 1. The van der Waals surface area contributed by atoms with Crippen molar-refractivity contribution in [1.82, 2.24) is 4.90 Å². The van der Waals surface area contributed by atoms with Crippen molar-refractivity contribution in [3.05, 3.63) is 11.8 Å². The molecule has 1 aliphatic rings. The Hall–Kier alpha value is -0.500. The van der Waals surface area contributed by atoms with Crippen molar-refractivity contribution in [3.63, 3.8) is 0 Å². The largest absolute Gasteiger partial charge is 0.358 e. The van der Waals surface area contributed by atoms with E-state index in [0.717, 1.165) is 18.8 Å². The minimum atomic E-state index is 0.666. The summed E-state index contributed by atoms with van der Waals surface area (Å²) >= 11 is 5.55. The molecule has 0 atom stereocenters. The van der Waals surface area contributed by atoms with Gasteiger partial charge in [-0.2, -0.15) is 0 Å². The second-order valence-corrected chi connectivity index (χ2v) is 2.65. The topological polar surface area (TPSA) is 15.6 Å². The molecule has 0 unspecified atom stereocenters. The van der Waals surface area contributed by atoms with E-state index in [1.165, 1.54) is 0 Å². The van der Waals surface area contributed by atoms with Crippen LogP contribution in [-0.2, 0) is 0 Å². The van der Waals surface area contributed by atoms with Crippen LogP contribution in [0, 0.1) is 0 Å². The van der Waals surface area contributed by atoms with E-state index in [0.29, 0.717) is 5.88 Å². The zero-order valence-corrected chi connectivity index (χ0v) is 6.80. The van der Waals surface area contributed by atoms with Crippen LogP contribution in [0.2, 0.25) is 0 Å². The fourth-order valence-corrected chi connectivity index (χ4v) is 0.997. The molecule has 2 nitrogen and oxygen atoms in total. The Kier molecular flexibility index (Phi) is 2.75. The van der Waals surface area contributed by atoms with E-state index in [1.54, 1.807) is 0 Å². The predicted molar refractivity (Wildman–Crippen MR) is 44.5 cm³/mol. The third-order valence-electron chi connectivity index (χ3n) is 1.42. The molecule has 10 heavy (non-hydrogen) atoms. The van der Waals surface area contributed by atoms with Crippen molar-refractivity contribution >= 4 is 17.9 Å². The molecule has 0 aliphatic carbocycles. The summed E-state index contributed by atoms with van der Waals surface area (Å²) < 4.78 is 0. The molecule has 0 aromatic carbocycles. The first-order valence-corrected chi connectivity index (χ1v) is 3.87. The van der Waals surface area contributed by atoms with E-state index in [-0.39, 0.29) is 0 Å². The van der Waals surface area contributed by atoms with Crippen molar-refractivity contribution in [2.75, 3.05) is 19.0 Å². The van der Waals surface area contributed by atoms with Crippen LogP contribution < -0.4 is 0 Å². The van der Waals surface area contributed by atoms with Crippen molar-refractivity contribution in [3.8, 4) is 0 Å². The highest BCUT2D eigenvalue weighted by Crippen LogP contribution is 2.01. The van der Waals surface area contributed by atoms with Gasteiger partial charge in [0.2, 0.25) is 0 Å². The molecule has 0 spiro atoms. The molecule has 3 heteroatoms. The van der Waals surface area contributed by atoms with Crippen molar-refractivity contribution < 1.29 is 0 Å². The third-order valence-corrected chi connectivity index (χ3v) is 1.59. The molecule has 0 N–H and O–H groups in total. The molecule has 1 rings (SSSR count). The lowest BCUT2D eigenvalue weighted by molar-refractivity contribution is 0.497. The van der Waals surface area contributed by atoms with E-state index in [2.05, 4.69) is 16.0 Å². The van der Waals surface area contributed by atoms with Crippen LogP contribution in [0.25, 0.3) is 0 Å². The van der Waals surface area contributed by atoms with Crippen LogP contribution in [0.4, 0.5) is 0 Å². The second kappa shape index (κ2) is 3.62. The Labute approximate surface area is 66.2 Å². The second-order valence-electron chi connectivity index (χ2n) is 2.27. The van der Waals surface area contributed by atoms with Gasteiger partial charge in [-0.3, -0.25) is 0 Å². The van der Waals surface area contributed by atoms with Gasteiger partial charge < -0.3 is 4.90 Å². The Balaban J connectivity index is 2.37. The van der Waals surface area contributed by atoms with Crippen molar-refractivity contribution in [1.29, 1.82) is 0 Å². The highest BCUT2D eigenvalue weighted by atomic mass is 35.5. The summed E-state index contributed by atoms with van der Waals surface area (Å²) in [4.78, 5) is 6.22. The minimum absolute atomic E-state index is 0.666. The average molecular weight is 159 g/mol. The molecule has 1 aliphatic heterocycles. The number of hydrogen-bond donors (Lipinski definition) is 0. The number of alkyl halides is 1. The summed E-state index contributed by atoms with van der Waals surface area (Å²) in [5.41, 5.74) is 1.09. The highest BCUT2D eigenvalue weighted by molar-refractivity contribution is 6.18. The van der Waals surface area contributed by atoms with Crippen LogP contribution >= 0.6 is 11.6 Å². The molecular formula is C7H11ClN2. The summed E-state index contributed by atoms with van der Waals surface area (Å²) in [6.07, 6.45) is 3.93. The van der Waals surface area contributed by atoms with E-state index in [1.807, 2.05) is 13.3 Å². The number of halogens is 1. The molecule has 56 valence electrons. The first-order valence-electron chi connectivity index (χ1n) is 3.34. The smallest absolute Gasteiger partial charge is 0.0911 e. The van der Waals surface area contributed by atoms with Gasteiger partial charge in [-0.15, -0.1) is 11.6 Å². The first kappa shape index (κ1) is 7.61. The summed E-state index contributed by atoms with van der Waals surface area (Å²) in [5.74, 6) is 0.666. The molecule has 0 radical (unpaired) electrons. The maximum Gasteiger partial charge on any atom is 0.0911 e. The third kappa shape index (κ3) is 2.03. The maximum absolute atomic E-state index is 5.55. The van der Waals surface area contributed by atoms with Gasteiger partial charge in [0, 0.05) is 24.7 Å². The van der Waals surface area contributed by atoms with Gasteiger partial charge in [0.1, 0.15) is 0 Å². The van der Waals surface area contributed by atoms with Gasteiger partial charge in [-0.05, 0) is 13.0 Å². The lowest BCUT2D eigenvalue weighted by Gasteiger charge is -2.18. The van der Waals surface area contributed by atoms with Crippen LogP contribution in [0.1, 0.15) is 6.92 Å². The molecule has 0 bridgehead atoms. The number of nitrogens with zero attached hydrogens (tertiary/aromatic N) is 2. The van der Waals surface area contributed by atoms with Crippen LogP contribution in [-0.4, -0.2) is 30.2 Å². The summed E-state index contributed by atoms with van der Waals surface area (Å²) in [6.45, 7) is 3.82. The van der Waals surface area contributed by atoms with Crippen LogP contribution in [0.15, 0.2) is 16.8 Å². The van der Waals surface area contributed by atoms with E-state index in [4.69, 9.17) is 11.6 Å². The fraction of sp³-hybridized carbons (Fsp3) is 0.571. The first-order chi connectivity index (χ1) is 4.83. The number of aliphatic imine (C=N–C) groups is 1. The van der Waals surface area contributed by atoms with Crippen LogP contribution in [0.5, 0.6) is 0 Å². The van der Waals surface area contributed by atoms with Crippen molar-refractivity contribution in [2.45, 2.75) is 6.92 Å². The molecule has 0 amide bonds. The Morgan fingerprint density at radius 2 is 2.60 bits per heavy atom.